The van der Waals surface area contributed by atoms with Crippen LogP contribution in [0.15, 0.2) is 0 Å². The summed E-state index contributed by atoms with van der Waals surface area (Å²) in [4.78, 5) is 12.5. The highest BCUT2D eigenvalue weighted by Gasteiger charge is 2.35. The third-order valence-corrected chi connectivity index (χ3v) is 5.83. The van der Waals surface area contributed by atoms with Crippen LogP contribution in [0.4, 0.5) is 0 Å². The molecule has 20 heavy (non-hydrogen) atoms. The fourth-order valence-corrected chi connectivity index (χ4v) is 4.70. The molecule has 1 aliphatic heterocycles. The van der Waals surface area contributed by atoms with Gasteiger partial charge in [0.2, 0.25) is 5.91 Å². The van der Waals surface area contributed by atoms with Crippen LogP contribution in [-0.2, 0) is 4.79 Å². The van der Waals surface area contributed by atoms with E-state index in [4.69, 9.17) is 0 Å². The van der Waals surface area contributed by atoms with Crippen molar-refractivity contribution < 1.29 is 4.79 Å². The molecule has 0 bridgehead atoms. The van der Waals surface area contributed by atoms with Gasteiger partial charge in [0, 0.05) is 18.5 Å². The second-order valence-corrected chi connectivity index (χ2v) is 7.52. The average molecular weight is 278 g/mol. The number of carbonyl (C=O) groups is 1. The van der Waals surface area contributed by atoms with Crippen LogP contribution < -0.4 is 10.6 Å². The molecule has 3 nitrogen and oxygen atoms in total. The van der Waals surface area contributed by atoms with E-state index in [9.17, 15) is 4.79 Å². The Morgan fingerprint density at radius 1 is 1.00 bits per heavy atom. The number of hydrogen-bond acceptors (Lipinski definition) is 2. The Hall–Kier alpha value is -0.570. The number of fused-ring (bicyclic) bond motifs is 1. The van der Waals surface area contributed by atoms with Crippen LogP contribution in [0.2, 0.25) is 0 Å². The second kappa shape index (κ2) is 6.46. The van der Waals surface area contributed by atoms with Crippen LogP contribution >= 0.6 is 0 Å². The van der Waals surface area contributed by atoms with Crippen molar-refractivity contribution in [2.24, 2.45) is 23.7 Å². The Kier molecular flexibility index (Phi) is 4.65. The van der Waals surface area contributed by atoms with Gasteiger partial charge in [-0.3, -0.25) is 4.79 Å². The van der Waals surface area contributed by atoms with E-state index in [0.717, 1.165) is 44.2 Å². The largest absolute Gasteiger partial charge is 0.352 e. The molecule has 3 aliphatic rings. The van der Waals surface area contributed by atoms with E-state index in [1.807, 2.05) is 0 Å². The van der Waals surface area contributed by atoms with Crippen molar-refractivity contribution in [1.29, 1.82) is 0 Å². The molecule has 5 atom stereocenters. The Morgan fingerprint density at radius 3 is 2.60 bits per heavy atom. The van der Waals surface area contributed by atoms with E-state index in [1.54, 1.807) is 0 Å². The van der Waals surface area contributed by atoms with Gasteiger partial charge < -0.3 is 10.6 Å². The zero-order valence-corrected chi connectivity index (χ0v) is 12.9. The number of piperidine rings is 1. The van der Waals surface area contributed by atoms with Crippen LogP contribution in [-0.4, -0.2) is 25.0 Å². The predicted molar refractivity (Wildman–Crippen MR) is 81.4 cm³/mol. The summed E-state index contributed by atoms with van der Waals surface area (Å²) in [6, 6.07) is 0.357. The normalized spacial score (nSPS) is 41.8. The summed E-state index contributed by atoms with van der Waals surface area (Å²) in [6.07, 6.45) is 10.3. The molecule has 3 heteroatoms. The Bertz CT molecular complexity index is 344. The molecule has 114 valence electrons. The van der Waals surface area contributed by atoms with Gasteiger partial charge in [-0.15, -0.1) is 0 Å². The van der Waals surface area contributed by atoms with E-state index in [1.165, 1.54) is 32.1 Å². The molecular formula is C17H30N2O. The second-order valence-electron chi connectivity index (χ2n) is 7.52. The van der Waals surface area contributed by atoms with Crippen molar-refractivity contribution in [3.05, 3.63) is 0 Å². The topological polar surface area (TPSA) is 41.1 Å². The summed E-state index contributed by atoms with van der Waals surface area (Å²) in [5, 5.41) is 6.74. The lowest BCUT2D eigenvalue weighted by Gasteiger charge is -2.39. The third-order valence-electron chi connectivity index (χ3n) is 5.83. The highest BCUT2D eigenvalue weighted by atomic mass is 16.1. The van der Waals surface area contributed by atoms with Gasteiger partial charge >= 0.3 is 0 Å². The van der Waals surface area contributed by atoms with Gasteiger partial charge in [-0.05, 0) is 50.0 Å². The van der Waals surface area contributed by atoms with Crippen molar-refractivity contribution in [2.75, 3.05) is 13.1 Å². The van der Waals surface area contributed by atoms with E-state index in [2.05, 4.69) is 17.6 Å². The lowest BCUT2D eigenvalue weighted by atomic mass is 9.67. The van der Waals surface area contributed by atoms with Gasteiger partial charge in [-0.2, -0.15) is 0 Å². The number of nitrogens with one attached hydrogen (secondary N) is 2. The SMILES string of the molecule is CC1CNCC(NC(=O)C2CCC3CCCCC3C2)C1. The van der Waals surface area contributed by atoms with Crippen molar-refractivity contribution in [1.82, 2.24) is 10.6 Å². The molecule has 0 spiro atoms. The molecule has 2 aliphatic carbocycles. The van der Waals surface area contributed by atoms with Gasteiger partial charge in [0.1, 0.15) is 0 Å². The molecule has 0 aromatic carbocycles. The van der Waals surface area contributed by atoms with Crippen molar-refractivity contribution in [3.8, 4) is 0 Å². The van der Waals surface area contributed by atoms with E-state index in [-0.39, 0.29) is 0 Å². The highest BCUT2D eigenvalue weighted by molar-refractivity contribution is 5.79. The van der Waals surface area contributed by atoms with E-state index >= 15 is 0 Å². The highest BCUT2D eigenvalue weighted by Crippen LogP contribution is 2.42. The van der Waals surface area contributed by atoms with Crippen LogP contribution in [0, 0.1) is 23.7 Å². The molecule has 1 heterocycles. The van der Waals surface area contributed by atoms with Crippen LogP contribution in [0.3, 0.4) is 0 Å². The van der Waals surface area contributed by atoms with Gasteiger partial charge in [-0.25, -0.2) is 0 Å². The fraction of sp³-hybridized carbons (Fsp3) is 0.941. The lowest BCUT2D eigenvalue weighted by Crippen LogP contribution is -2.50. The molecule has 0 radical (unpaired) electrons. The minimum atomic E-state index is 0.298. The van der Waals surface area contributed by atoms with Crippen molar-refractivity contribution in [2.45, 2.75) is 64.3 Å². The maximum absolute atomic E-state index is 12.5. The molecule has 0 aromatic heterocycles. The molecule has 3 rings (SSSR count). The quantitative estimate of drug-likeness (QED) is 0.815. The maximum atomic E-state index is 12.5. The number of amides is 1. The van der Waals surface area contributed by atoms with Crippen LogP contribution in [0.5, 0.6) is 0 Å². The molecule has 1 saturated heterocycles. The monoisotopic (exact) mass is 278 g/mol. The summed E-state index contributed by atoms with van der Waals surface area (Å²) in [7, 11) is 0. The van der Waals surface area contributed by atoms with Crippen molar-refractivity contribution in [3.63, 3.8) is 0 Å². The first-order valence-electron chi connectivity index (χ1n) is 8.73. The minimum absolute atomic E-state index is 0.298. The zero-order chi connectivity index (χ0) is 13.9. The first kappa shape index (κ1) is 14.4. The number of carbonyl (C=O) groups excluding carboxylic acids is 1. The minimum Gasteiger partial charge on any atom is -0.352 e. The molecule has 0 aromatic rings. The van der Waals surface area contributed by atoms with E-state index < -0.39 is 0 Å². The first-order valence-corrected chi connectivity index (χ1v) is 8.73. The Balaban J connectivity index is 1.50. The average Bonchev–Trinajstić information content (AvgIpc) is 2.47. The molecule has 2 N–H and O–H groups in total. The zero-order valence-electron chi connectivity index (χ0n) is 12.9. The summed E-state index contributed by atoms with van der Waals surface area (Å²) in [5.74, 6) is 3.10. The molecule has 3 fully saturated rings. The summed E-state index contributed by atoms with van der Waals surface area (Å²) >= 11 is 0. The molecule has 2 saturated carbocycles. The maximum Gasteiger partial charge on any atom is 0.223 e. The molecule has 1 amide bonds. The summed E-state index contributed by atoms with van der Waals surface area (Å²) in [6.45, 7) is 4.31. The van der Waals surface area contributed by atoms with Crippen LogP contribution in [0.1, 0.15) is 58.3 Å². The lowest BCUT2D eigenvalue weighted by molar-refractivity contribution is -0.128. The van der Waals surface area contributed by atoms with Crippen LogP contribution in [0.25, 0.3) is 0 Å². The number of hydrogen-bond donors (Lipinski definition) is 2. The predicted octanol–water partition coefficient (Wildman–Crippen LogP) is 2.71. The van der Waals surface area contributed by atoms with Gasteiger partial charge in [0.25, 0.3) is 0 Å². The standard InChI is InChI=1S/C17H30N2O/c1-12-8-16(11-18-10-12)19-17(20)15-7-6-13-4-2-3-5-14(13)9-15/h12-16,18H,2-11H2,1H3,(H,19,20). The van der Waals surface area contributed by atoms with Gasteiger partial charge in [-0.1, -0.05) is 32.6 Å². The summed E-state index contributed by atoms with van der Waals surface area (Å²) in [5.41, 5.74) is 0. The third kappa shape index (κ3) is 3.36. The Labute approximate surface area is 123 Å². The number of rotatable bonds is 2. The first-order chi connectivity index (χ1) is 9.72. The smallest absolute Gasteiger partial charge is 0.223 e. The van der Waals surface area contributed by atoms with Gasteiger partial charge in [0.05, 0.1) is 0 Å². The van der Waals surface area contributed by atoms with Crippen molar-refractivity contribution >= 4 is 5.91 Å². The Morgan fingerprint density at radius 2 is 1.80 bits per heavy atom. The molecular weight excluding hydrogens is 248 g/mol. The summed E-state index contributed by atoms with van der Waals surface area (Å²) < 4.78 is 0. The van der Waals surface area contributed by atoms with Gasteiger partial charge in [0.15, 0.2) is 0 Å². The molecule has 5 unspecified atom stereocenters. The fourth-order valence-electron chi connectivity index (χ4n) is 4.70. The van der Waals surface area contributed by atoms with E-state index in [0.29, 0.717) is 23.8 Å².